The number of carbonyl (C=O) groups excluding carboxylic acids is 1. The molecule has 0 aliphatic heterocycles. The number of fused-ring (bicyclic) bond motifs is 1. The van der Waals surface area contributed by atoms with Crippen LogP contribution < -0.4 is 10.1 Å². The van der Waals surface area contributed by atoms with E-state index in [2.05, 4.69) is 9.88 Å². The van der Waals surface area contributed by atoms with Crippen LogP contribution in [-0.4, -0.2) is 28.6 Å². The molecule has 1 N–H and O–H groups in total. The Labute approximate surface area is 186 Å². The van der Waals surface area contributed by atoms with Crippen molar-refractivity contribution in [3.05, 3.63) is 94.8 Å². The lowest BCUT2D eigenvalue weighted by molar-refractivity contribution is 0.0953. The van der Waals surface area contributed by atoms with E-state index in [1.807, 2.05) is 79.7 Å². The van der Waals surface area contributed by atoms with Gasteiger partial charge in [0.2, 0.25) is 0 Å². The summed E-state index contributed by atoms with van der Waals surface area (Å²) in [5.41, 5.74) is 3.64. The standard InChI is InChI=1S/C25H24ClN3O2/c1-18-8-2-3-9-19(18)25(30)27-15-14-24-28-21-11-5-6-12-22(21)29(24)16-17-31-23-13-7-4-10-20(23)26/h2-13H,14-17H2,1H3,(H,27,30). The van der Waals surface area contributed by atoms with Crippen LogP contribution in [0.1, 0.15) is 21.7 Å². The number of halogens is 1. The van der Waals surface area contributed by atoms with E-state index in [1.54, 1.807) is 0 Å². The van der Waals surface area contributed by atoms with Crippen LogP contribution in [-0.2, 0) is 13.0 Å². The van der Waals surface area contributed by atoms with Gasteiger partial charge >= 0.3 is 0 Å². The molecule has 158 valence electrons. The molecule has 1 amide bonds. The number of aryl methyl sites for hydroxylation is 1. The number of ether oxygens (including phenoxy) is 1. The predicted molar refractivity (Wildman–Crippen MR) is 124 cm³/mol. The minimum absolute atomic E-state index is 0.0668. The predicted octanol–water partition coefficient (Wildman–Crippen LogP) is 5.05. The fourth-order valence-corrected chi connectivity index (χ4v) is 3.78. The van der Waals surface area contributed by atoms with Gasteiger partial charge in [-0.25, -0.2) is 4.98 Å². The highest BCUT2D eigenvalue weighted by molar-refractivity contribution is 6.32. The second kappa shape index (κ2) is 9.67. The number of rotatable bonds is 8. The Morgan fingerprint density at radius 2 is 1.77 bits per heavy atom. The summed E-state index contributed by atoms with van der Waals surface area (Å²) in [5.74, 6) is 1.51. The van der Waals surface area contributed by atoms with Gasteiger partial charge in [-0.15, -0.1) is 0 Å². The Kier molecular flexibility index (Phi) is 6.53. The van der Waals surface area contributed by atoms with Crippen LogP contribution in [0.2, 0.25) is 5.02 Å². The number of imidazole rings is 1. The van der Waals surface area contributed by atoms with E-state index in [0.29, 0.717) is 42.5 Å². The van der Waals surface area contributed by atoms with Gasteiger partial charge in [0, 0.05) is 18.5 Å². The molecular weight excluding hydrogens is 410 g/mol. The van der Waals surface area contributed by atoms with Gasteiger partial charge < -0.3 is 14.6 Å². The largest absolute Gasteiger partial charge is 0.490 e. The molecule has 4 rings (SSSR count). The third kappa shape index (κ3) is 4.89. The summed E-state index contributed by atoms with van der Waals surface area (Å²) in [6, 6.07) is 23.0. The van der Waals surface area contributed by atoms with Crippen LogP contribution in [0, 0.1) is 6.92 Å². The van der Waals surface area contributed by atoms with Crippen molar-refractivity contribution in [2.24, 2.45) is 0 Å². The Morgan fingerprint density at radius 1 is 1.03 bits per heavy atom. The molecule has 3 aromatic carbocycles. The Morgan fingerprint density at radius 3 is 2.61 bits per heavy atom. The fraction of sp³-hybridized carbons (Fsp3) is 0.200. The van der Waals surface area contributed by atoms with E-state index in [0.717, 1.165) is 22.4 Å². The Bertz CT molecular complexity index is 1200. The normalized spacial score (nSPS) is 10.9. The first-order valence-corrected chi connectivity index (χ1v) is 10.7. The number of hydrogen-bond donors (Lipinski definition) is 1. The maximum atomic E-state index is 12.5. The van der Waals surface area contributed by atoms with Crippen molar-refractivity contribution in [1.82, 2.24) is 14.9 Å². The minimum Gasteiger partial charge on any atom is -0.490 e. The maximum Gasteiger partial charge on any atom is 0.251 e. The highest BCUT2D eigenvalue weighted by Gasteiger charge is 2.12. The van der Waals surface area contributed by atoms with Gasteiger partial charge in [0.15, 0.2) is 0 Å². The molecule has 31 heavy (non-hydrogen) atoms. The Hall–Kier alpha value is -3.31. The second-order valence-corrected chi connectivity index (χ2v) is 7.68. The second-order valence-electron chi connectivity index (χ2n) is 7.27. The fourth-order valence-electron chi connectivity index (χ4n) is 3.59. The van der Waals surface area contributed by atoms with Crippen molar-refractivity contribution in [3.63, 3.8) is 0 Å². The highest BCUT2D eigenvalue weighted by Crippen LogP contribution is 2.23. The molecule has 0 atom stereocenters. The summed E-state index contributed by atoms with van der Waals surface area (Å²) in [4.78, 5) is 17.3. The average molecular weight is 434 g/mol. The molecule has 6 heteroatoms. The monoisotopic (exact) mass is 433 g/mol. The van der Waals surface area contributed by atoms with Crippen molar-refractivity contribution in [1.29, 1.82) is 0 Å². The summed E-state index contributed by atoms with van der Waals surface area (Å²) >= 11 is 6.19. The summed E-state index contributed by atoms with van der Waals surface area (Å²) in [6.07, 6.45) is 0.623. The van der Waals surface area contributed by atoms with Gasteiger partial charge in [-0.05, 0) is 42.8 Å². The maximum absolute atomic E-state index is 12.5. The number of aromatic nitrogens is 2. The summed E-state index contributed by atoms with van der Waals surface area (Å²) < 4.78 is 8.02. The zero-order chi connectivity index (χ0) is 21.6. The zero-order valence-corrected chi connectivity index (χ0v) is 18.1. The molecular formula is C25H24ClN3O2. The Balaban J connectivity index is 1.44. The molecule has 1 aromatic heterocycles. The van der Waals surface area contributed by atoms with E-state index in [4.69, 9.17) is 21.3 Å². The molecule has 0 saturated carbocycles. The SMILES string of the molecule is Cc1ccccc1C(=O)NCCc1nc2ccccc2n1CCOc1ccccc1Cl. The zero-order valence-electron chi connectivity index (χ0n) is 17.3. The van der Waals surface area contributed by atoms with Crippen molar-refractivity contribution < 1.29 is 9.53 Å². The number of nitrogens with one attached hydrogen (secondary N) is 1. The molecule has 1 heterocycles. The lowest BCUT2D eigenvalue weighted by Crippen LogP contribution is -2.27. The lowest BCUT2D eigenvalue weighted by atomic mass is 10.1. The number of para-hydroxylation sites is 3. The molecule has 4 aromatic rings. The highest BCUT2D eigenvalue weighted by atomic mass is 35.5. The van der Waals surface area contributed by atoms with Crippen molar-refractivity contribution >= 4 is 28.5 Å². The van der Waals surface area contributed by atoms with E-state index in [-0.39, 0.29) is 5.91 Å². The molecule has 0 unspecified atom stereocenters. The van der Waals surface area contributed by atoms with Crippen molar-refractivity contribution in [3.8, 4) is 5.75 Å². The van der Waals surface area contributed by atoms with E-state index < -0.39 is 0 Å². The number of hydrogen-bond acceptors (Lipinski definition) is 3. The van der Waals surface area contributed by atoms with Crippen molar-refractivity contribution in [2.45, 2.75) is 19.9 Å². The first kappa shape index (κ1) is 20.9. The van der Waals surface area contributed by atoms with Gasteiger partial charge in [-0.1, -0.05) is 54.1 Å². The first-order chi connectivity index (χ1) is 15.1. The number of benzene rings is 3. The van der Waals surface area contributed by atoms with Crippen molar-refractivity contribution in [2.75, 3.05) is 13.2 Å². The van der Waals surface area contributed by atoms with Gasteiger partial charge in [0.1, 0.15) is 18.2 Å². The van der Waals surface area contributed by atoms with Gasteiger partial charge in [-0.2, -0.15) is 0 Å². The summed E-state index contributed by atoms with van der Waals surface area (Å²) in [6.45, 7) is 3.54. The lowest BCUT2D eigenvalue weighted by Gasteiger charge is -2.12. The molecule has 5 nitrogen and oxygen atoms in total. The molecule has 0 fully saturated rings. The van der Waals surface area contributed by atoms with Crippen LogP contribution in [0.4, 0.5) is 0 Å². The number of carbonyl (C=O) groups is 1. The smallest absolute Gasteiger partial charge is 0.251 e. The van der Waals surface area contributed by atoms with Gasteiger partial charge in [0.05, 0.1) is 22.6 Å². The van der Waals surface area contributed by atoms with Crippen LogP contribution in [0.25, 0.3) is 11.0 Å². The third-order valence-corrected chi connectivity index (χ3v) is 5.48. The molecule has 0 radical (unpaired) electrons. The van der Waals surface area contributed by atoms with Gasteiger partial charge in [0.25, 0.3) is 5.91 Å². The summed E-state index contributed by atoms with van der Waals surface area (Å²) in [7, 11) is 0. The quantitative estimate of drug-likeness (QED) is 0.423. The average Bonchev–Trinajstić information content (AvgIpc) is 3.13. The van der Waals surface area contributed by atoms with E-state index >= 15 is 0 Å². The van der Waals surface area contributed by atoms with Gasteiger partial charge in [-0.3, -0.25) is 4.79 Å². The molecule has 0 aliphatic rings. The third-order valence-electron chi connectivity index (χ3n) is 5.17. The van der Waals surface area contributed by atoms with E-state index in [9.17, 15) is 4.79 Å². The molecule has 0 saturated heterocycles. The number of nitrogens with zero attached hydrogens (tertiary/aromatic N) is 2. The first-order valence-electron chi connectivity index (χ1n) is 10.3. The van der Waals surface area contributed by atoms with E-state index in [1.165, 1.54) is 0 Å². The van der Waals surface area contributed by atoms with Crippen LogP contribution in [0.3, 0.4) is 0 Å². The van der Waals surface area contributed by atoms with Crippen LogP contribution in [0.15, 0.2) is 72.8 Å². The van der Waals surface area contributed by atoms with Crippen LogP contribution >= 0.6 is 11.6 Å². The molecule has 0 bridgehead atoms. The number of amides is 1. The topological polar surface area (TPSA) is 56.2 Å². The van der Waals surface area contributed by atoms with Crippen LogP contribution in [0.5, 0.6) is 5.75 Å². The molecule has 0 aliphatic carbocycles. The summed E-state index contributed by atoms with van der Waals surface area (Å²) in [5, 5.41) is 3.60. The minimum atomic E-state index is -0.0668. The molecule has 0 spiro atoms.